The fourth-order valence-corrected chi connectivity index (χ4v) is 2.87. The van der Waals surface area contributed by atoms with Crippen LogP contribution in [0.3, 0.4) is 0 Å². The van der Waals surface area contributed by atoms with Crippen molar-refractivity contribution in [2.45, 2.75) is 38.8 Å². The Bertz CT molecular complexity index is 345. The number of nitrogens with one attached hydrogen (secondary N) is 1. The summed E-state index contributed by atoms with van der Waals surface area (Å²) in [6.45, 7) is 10.3. The average Bonchev–Trinajstić information content (AvgIpc) is 2.25. The minimum absolute atomic E-state index is 0.244. The Hall–Kier alpha value is -0.860. The largest absolute Gasteiger partial charge is 0.307 e. The first-order valence-electron chi connectivity index (χ1n) is 6.59. The van der Waals surface area contributed by atoms with Crippen LogP contribution in [0.4, 0.5) is 0 Å². The quantitative estimate of drug-likeness (QED) is 0.860. The Labute approximate surface area is 105 Å². The van der Waals surface area contributed by atoms with Crippen LogP contribution in [0.2, 0.25) is 0 Å². The number of piperazine rings is 1. The molecular weight excluding hydrogens is 208 g/mol. The van der Waals surface area contributed by atoms with Crippen molar-refractivity contribution >= 4 is 0 Å². The summed E-state index contributed by atoms with van der Waals surface area (Å²) in [6.07, 6.45) is 1.16. The SMILES string of the molecule is CC1CN(CCc2ccccc2)CC(C)(C)N1. The zero-order valence-electron chi connectivity index (χ0n) is 11.2. The first-order chi connectivity index (χ1) is 8.05. The van der Waals surface area contributed by atoms with Crippen LogP contribution in [0.5, 0.6) is 0 Å². The highest BCUT2D eigenvalue weighted by Gasteiger charge is 2.29. The topological polar surface area (TPSA) is 15.3 Å². The van der Waals surface area contributed by atoms with Crippen LogP contribution in [0, 0.1) is 0 Å². The molecule has 1 fully saturated rings. The van der Waals surface area contributed by atoms with E-state index < -0.39 is 0 Å². The van der Waals surface area contributed by atoms with E-state index in [0.29, 0.717) is 6.04 Å². The minimum atomic E-state index is 0.244. The second-order valence-electron chi connectivity index (χ2n) is 5.90. The summed E-state index contributed by atoms with van der Waals surface area (Å²) in [5.74, 6) is 0. The third-order valence-corrected chi connectivity index (χ3v) is 3.35. The van der Waals surface area contributed by atoms with Gasteiger partial charge in [-0.2, -0.15) is 0 Å². The van der Waals surface area contributed by atoms with Crippen LogP contribution in [-0.2, 0) is 6.42 Å². The molecule has 2 heteroatoms. The molecule has 0 bridgehead atoms. The summed E-state index contributed by atoms with van der Waals surface area (Å²) in [6, 6.07) is 11.4. The number of benzene rings is 1. The van der Waals surface area contributed by atoms with Gasteiger partial charge in [-0.3, -0.25) is 4.90 Å². The minimum Gasteiger partial charge on any atom is -0.307 e. The molecule has 0 aromatic heterocycles. The number of hydrogen-bond donors (Lipinski definition) is 1. The van der Waals surface area contributed by atoms with Crippen molar-refractivity contribution in [3.05, 3.63) is 35.9 Å². The third-order valence-electron chi connectivity index (χ3n) is 3.35. The van der Waals surface area contributed by atoms with Gasteiger partial charge in [0.1, 0.15) is 0 Å². The third kappa shape index (κ3) is 3.83. The van der Waals surface area contributed by atoms with Gasteiger partial charge in [-0.05, 0) is 32.8 Å². The van der Waals surface area contributed by atoms with Crippen LogP contribution in [-0.4, -0.2) is 36.1 Å². The molecule has 1 heterocycles. The summed E-state index contributed by atoms with van der Waals surface area (Å²) in [4.78, 5) is 2.58. The van der Waals surface area contributed by atoms with Crippen LogP contribution >= 0.6 is 0 Å². The summed E-state index contributed by atoms with van der Waals surface area (Å²) in [5.41, 5.74) is 1.69. The van der Waals surface area contributed by atoms with Crippen molar-refractivity contribution in [3.63, 3.8) is 0 Å². The maximum absolute atomic E-state index is 3.64. The molecule has 1 aliphatic rings. The Morgan fingerprint density at radius 1 is 1.29 bits per heavy atom. The Morgan fingerprint density at radius 3 is 2.65 bits per heavy atom. The molecule has 94 valence electrons. The van der Waals surface area contributed by atoms with Gasteiger partial charge in [-0.25, -0.2) is 0 Å². The van der Waals surface area contributed by atoms with Gasteiger partial charge in [0, 0.05) is 31.2 Å². The van der Waals surface area contributed by atoms with Gasteiger partial charge in [0.25, 0.3) is 0 Å². The van der Waals surface area contributed by atoms with Gasteiger partial charge in [0.05, 0.1) is 0 Å². The Kier molecular flexibility index (Phi) is 3.85. The fourth-order valence-electron chi connectivity index (χ4n) is 2.87. The Morgan fingerprint density at radius 2 is 2.00 bits per heavy atom. The average molecular weight is 232 g/mol. The molecule has 2 rings (SSSR count). The van der Waals surface area contributed by atoms with Crippen molar-refractivity contribution in [2.75, 3.05) is 19.6 Å². The smallest absolute Gasteiger partial charge is 0.0255 e. The highest BCUT2D eigenvalue weighted by Crippen LogP contribution is 2.14. The second kappa shape index (κ2) is 5.19. The maximum Gasteiger partial charge on any atom is 0.0255 e. The zero-order chi connectivity index (χ0) is 12.3. The molecule has 0 aliphatic carbocycles. The molecule has 1 atom stereocenters. The van der Waals surface area contributed by atoms with Crippen molar-refractivity contribution in [3.8, 4) is 0 Å². The monoisotopic (exact) mass is 232 g/mol. The van der Waals surface area contributed by atoms with Crippen molar-refractivity contribution in [2.24, 2.45) is 0 Å². The molecule has 1 aromatic carbocycles. The standard InChI is InChI=1S/C15H24N2/c1-13-11-17(12-15(2,3)16-13)10-9-14-7-5-4-6-8-14/h4-8,13,16H,9-12H2,1-3H3. The molecule has 1 saturated heterocycles. The van der Waals surface area contributed by atoms with Crippen LogP contribution in [0.1, 0.15) is 26.3 Å². The van der Waals surface area contributed by atoms with Crippen molar-refractivity contribution < 1.29 is 0 Å². The Balaban J connectivity index is 1.87. The van der Waals surface area contributed by atoms with Gasteiger partial charge in [-0.15, -0.1) is 0 Å². The van der Waals surface area contributed by atoms with Gasteiger partial charge in [0.2, 0.25) is 0 Å². The number of nitrogens with zero attached hydrogens (tertiary/aromatic N) is 1. The number of rotatable bonds is 3. The molecule has 17 heavy (non-hydrogen) atoms. The lowest BCUT2D eigenvalue weighted by molar-refractivity contribution is 0.125. The molecule has 2 nitrogen and oxygen atoms in total. The van der Waals surface area contributed by atoms with E-state index in [1.165, 1.54) is 12.1 Å². The summed E-state index contributed by atoms with van der Waals surface area (Å²) < 4.78 is 0. The van der Waals surface area contributed by atoms with Gasteiger partial charge >= 0.3 is 0 Å². The van der Waals surface area contributed by atoms with Gasteiger partial charge in [-0.1, -0.05) is 30.3 Å². The van der Waals surface area contributed by atoms with E-state index in [2.05, 4.69) is 61.3 Å². The van der Waals surface area contributed by atoms with E-state index in [9.17, 15) is 0 Å². The first kappa shape index (κ1) is 12.6. The lowest BCUT2D eigenvalue weighted by atomic mass is 9.98. The molecular formula is C15H24N2. The molecule has 0 amide bonds. The van der Waals surface area contributed by atoms with Crippen LogP contribution in [0.25, 0.3) is 0 Å². The van der Waals surface area contributed by atoms with Gasteiger partial charge in [0.15, 0.2) is 0 Å². The van der Waals surface area contributed by atoms with E-state index in [1.54, 1.807) is 0 Å². The summed E-state index contributed by atoms with van der Waals surface area (Å²) in [5, 5.41) is 3.64. The molecule has 0 spiro atoms. The lowest BCUT2D eigenvalue weighted by Crippen LogP contribution is -2.61. The van der Waals surface area contributed by atoms with E-state index in [1.807, 2.05) is 0 Å². The van der Waals surface area contributed by atoms with Gasteiger partial charge < -0.3 is 5.32 Å². The zero-order valence-corrected chi connectivity index (χ0v) is 11.2. The lowest BCUT2D eigenvalue weighted by Gasteiger charge is -2.42. The molecule has 0 saturated carbocycles. The van der Waals surface area contributed by atoms with Crippen LogP contribution in [0.15, 0.2) is 30.3 Å². The first-order valence-corrected chi connectivity index (χ1v) is 6.59. The normalized spacial score (nSPS) is 24.8. The highest BCUT2D eigenvalue weighted by atomic mass is 15.2. The molecule has 1 unspecified atom stereocenters. The van der Waals surface area contributed by atoms with Crippen molar-refractivity contribution in [1.82, 2.24) is 10.2 Å². The number of hydrogen-bond acceptors (Lipinski definition) is 2. The highest BCUT2D eigenvalue weighted by molar-refractivity contribution is 5.15. The second-order valence-corrected chi connectivity index (χ2v) is 5.90. The summed E-state index contributed by atoms with van der Waals surface area (Å²) in [7, 11) is 0. The predicted octanol–water partition coefficient (Wildman–Crippen LogP) is 2.30. The molecule has 1 N–H and O–H groups in total. The molecule has 1 aromatic rings. The molecule has 1 aliphatic heterocycles. The summed E-state index contributed by atoms with van der Waals surface area (Å²) >= 11 is 0. The fraction of sp³-hybridized carbons (Fsp3) is 0.600. The van der Waals surface area contributed by atoms with Crippen molar-refractivity contribution in [1.29, 1.82) is 0 Å². The molecule has 0 radical (unpaired) electrons. The van der Waals surface area contributed by atoms with E-state index in [-0.39, 0.29) is 5.54 Å². The van der Waals surface area contributed by atoms with E-state index >= 15 is 0 Å². The predicted molar refractivity (Wildman–Crippen MR) is 73.3 cm³/mol. The maximum atomic E-state index is 3.64. The van der Waals surface area contributed by atoms with E-state index in [4.69, 9.17) is 0 Å². The van der Waals surface area contributed by atoms with E-state index in [0.717, 1.165) is 19.5 Å². The van der Waals surface area contributed by atoms with Crippen LogP contribution < -0.4 is 5.32 Å².